The van der Waals surface area contributed by atoms with Gasteiger partial charge in [-0.15, -0.1) is 0 Å². The van der Waals surface area contributed by atoms with E-state index in [1.807, 2.05) is 31.2 Å². The Labute approximate surface area is 188 Å². The molecule has 0 radical (unpaired) electrons. The van der Waals surface area contributed by atoms with Crippen molar-refractivity contribution in [2.75, 3.05) is 11.9 Å². The molecule has 0 fully saturated rings. The standard InChI is InChI=1S/C19H17N5O4.Na/c1-11-20-6-14(7-21-11)12-2-4-13(5-3-12)15-9-28-18-17(23-15)19(27)24(10-22-18)8-16(25)26;/h2-7,10,15,23H,8-9H2,1H3,(H,25,26);/q;+1/p-1/t15-;/m0./s1. The Morgan fingerprint density at radius 1 is 1.21 bits per heavy atom. The molecule has 3 aromatic rings. The minimum Gasteiger partial charge on any atom is -0.548 e. The Balaban J connectivity index is 0.00000240. The number of benzene rings is 1. The maximum absolute atomic E-state index is 12.5. The zero-order chi connectivity index (χ0) is 19.7. The summed E-state index contributed by atoms with van der Waals surface area (Å²) in [6, 6.07) is 7.47. The van der Waals surface area contributed by atoms with Crippen LogP contribution in [0.15, 0.2) is 47.8 Å². The first-order valence-electron chi connectivity index (χ1n) is 8.59. The first-order chi connectivity index (χ1) is 13.5. The van der Waals surface area contributed by atoms with Gasteiger partial charge in [-0.1, -0.05) is 24.3 Å². The van der Waals surface area contributed by atoms with Gasteiger partial charge >= 0.3 is 29.6 Å². The minimum atomic E-state index is -1.37. The third-order valence-corrected chi connectivity index (χ3v) is 4.44. The first kappa shape index (κ1) is 21.0. The molecule has 4 rings (SSSR count). The average molecular weight is 401 g/mol. The summed E-state index contributed by atoms with van der Waals surface area (Å²) in [5.74, 6) is -0.502. The Morgan fingerprint density at radius 3 is 2.55 bits per heavy atom. The van der Waals surface area contributed by atoms with E-state index in [2.05, 4.69) is 20.3 Å². The van der Waals surface area contributed by atoms with Crippen LogP contribution in [-0.2, 0) is 11.3 Å². The van der Waals surface area contributed by atoms with Crippen LogP contribution in [0, 0.1) is 6.92 Å². The van der Waals surface area contributed by atoms with Gasteiger partial charge in [-0.2, -0.15) is 0 Å². The molecular formula is C19H16N5NaO4. The molecule has 0 aliphatic carbocycles. The first-order valence-corrected chi connectivity index (χ1v) is 8.59. The van der Waals surface area contributed by atoms with Crippen LogP contribution in [-0.4, -0.2) is 32.1 Å². The topological polar surface area (TPSA) is 122 Å². The fraction of sp³-hybridized carbons (Fsp3) is 0.211. The van der Waals surface area contributed by atoms with Gasteiger partial charge in [0.25, 0.3) is 5.56 Å². The van der Waals surface area contributed by atoms with E-state index in [-0.39, 0.29) is 53.8 Å². The number of carboxylic acid groups (broad SMARTS) is 1. The predicted octanol–water partition coefficient (Wildman–Crippen LogP) is -2.69. The zero-order valence-corrected chi connectivity index (χ0v) is 18.0. The molecule has 29 heavy (non-hydrogen) atoms. The molecule has 1 aliphatic heterocycles. The van der Waals surface area contributed by atoms with Crippen molar-refractivity contribution in [2.24, 2.45) is 0 Å². The van der Waals surface area contributed by atoms with Gasteiger partial charge in [-0.3, -0.25) is 9.36 Å². The molecule has 0 saturated carbocycles. The number of fused-ring (bicyclic) bond motifs is 1. The van der Waals surface area contributed by atoms with E-state index in [0.717, 1.165) is 27.6 Å². The molecule has 1 aliphatic rings. The number of nitrogens with one attached hydrogen (secondary N) is 1. The Bertz CT molecular complexity index is 1080. The quantitative estimate of drug-likeness (QED) is 0.469. The van der Waals surface area contributed by atoms with Crippen LogP contribution in [0.25, 0.3) is 11.1 Å². The molecule has 3 heterocycles. The fourth-order valence-corrected chi connectivity index (χ4v) is 2.97. The van der Waals surface area contributed by atoms with Crippen molar-refractivity contribution in [2.45, 2.75) is 19.5 Å². The molecule has 1 atom stereocenters. The van der Waals surface area contributed by atoms with Crippen LogP contribution in [0.4, 0.5) is 5.69 Å². The molecule has 1 N–H and O–H groups in total. The van der Waals surface area contributed by atoms with Crippen LogP contribution in [0.3, 0.4) is 0 Å². The van der Waals surface area contributed by atoms with Gasteiger partial charge in [0.15, 0.2) is 5.69 Å². The van der Waals surface area contributed by atoms with Crippen molar-refractivity contribution in [3.05, 3.63) is 64.7 Å². The molecule has 0 unspecified atom stereocenters. The van der Waals surface area contributed by atoms with Gasteiger partial charge in [0.05, 0.1) is 18.6 Å². The van der Waals surface area contributed by atoms with Crippen LogP contribution in [0.2, 0.25) is 0 Å². The second-order valence-corrected chi connectivity index (χ2v) is 6.38. The van der Waals surface area contributed by atoms with Crippen LogP contribution < -0.4 is 50.3 Å². The van der Waals surface area contributed by atoms with E-state index in [0.29, 0.717) is 5.82 Å². The molecule has 0 spiro atoms. The molecule has 10 heteroatoms. The molecule has 0 bridgehead atoms. The SMILES string of the molecule is Cc1ncc(-c2ccc([C@@H]3COc4ncn(CC(=O)[O-])c(=O)c4N3)cc2)cn1.[Na+]. The molecular weight excluding hydrogens is 385 g/mol. The number of aryl methyl sites for hydroxylation is 1. The van der Waals surface area contributed by atoms with Crippen molar-refractivity contribution in [3.8, 4) is 17.0 Å². The van der Waals surface area contributed by atoms with Crippen LogP contribution >= 0.6 is 0 Å². The number of hydrogen-bond donors (Lipinski definition) is 1. The second-order valence-electron chi connectivity index (χ2n) is 6.38. The van der Waals surface area contributed by atoms with Gasteiger partial charge in [0.1, 0.15) is 18.8 Å². The van der Waals surface area contributed by atoms with Crippen LogP contribution in [0.5, 0.6) is 5.88 Å². The Kier molecular flexibility index (Phi) is 6.31. The maximum atomic E-state index is 12.5. The van der Waals surface area contributed by atoms with E-state index in [9.17, 15) is 14.7 Å². The summed E-state index contributed by atoms with van der Waals surface area (Å²) < 4.78 is 6.56. The Hall–Kier alpha value is -2.75. The number of carbonyl (C=O) groups is 1. The van der Waals surface area contributed by atoms with Gasteiger partial charge in [0, 0.05) is 18.0 Å². The van der Waals surface area contributed by atoms with Crippen molar-refractivity contribution >= 4 is 11.7 Å². The summed E-state index contributed by atoms with van der Waals surface area (Å²) in [6.07, 6.45) is 4.67. The normalized spacial score (nSPS) is 14.7. The molecule has 2 aromatic heterocycles. The average Bonchev–Trinajstić information content (AvgIpc) is 2.70. The monoisotopic (exact) mass is 401 g/mol. The summed E-state index contributed by atoms with van der Waals surface area (Å²) in [5.41, 5.74) is 2.41. The fourth-order valence-electron chi connectivity index (χ4n) is 2.97. The summed E-state index contributed by atoms with van der Waals surface area (Å²) in [6.45, 7) is 1.55. The van der Waals surface area contributed by atoms with E-state index in [4.69, 9.17) is 4.74 Å². The number of anilines is 1. The Morgan fingerprint density at radius 2 is 1.90 bits per heavy atom. The largest absolute Gasteiger partial charge is 1.00 e. The van der Waals surface area contributed by atoms with E-state index in [1.54, 1.807) is 12.4 Å². The van der Waals surface area contributed by atoms with Gasteiger partial charge in [-0.25, -0.2) is 15.0 Å². The van der Waals surface area contributed by atoms with E-state index >= 15 is 0 Å². The third-order valence-electron chi connectivity index (χ3n) is 4.44. The molecule has 9 nitrogen and oxygen atoms in total. The minimum absolute atomic E-state index is 0. The summed E-state index contributed by atoms with van der Waals surface area (Å²) in [5, 5.41) is 13.9. The number of carbonyl (C=O) groups excluding carboxylic acids is 1. The zero-order valence-electron chi connectivity index (χ0n) is 16.0. The molecule has 142 valence electrons. The third kappa shape index (κ3) is 4.47. The maximum Gasteiger partial charge on any atom is 1.00 e. The number of rotatable bonds is 4. The van der Waals surface area contributed by atoms with E-state index in [1.165, 1.54) is 0 Å². The number of aromatic nitrogens is 4. The van der Waals surface area contributed by atoms with Crippen molar-refractivity contribution in [1.29, 1.82) is 0 Å². The number of hydrogen-bond acceptors (Lipinski definition) is 8. The summed E-state index contributed by atoms with van der Waals surface area (Å²) in [4.78, 5) is 35.6. The van der Waals surface area contributed by atoms with Crippen molar-refractivity contribution < 1.29 is 44.2 Å². The van der Waals surface area contributed by atoms with Crippen molar-refractivity contribution in [1.82, 2.24) is 19.5 Å². The van der Waals surface area contributed by atoms with E-state index < -0.39 is 18.1 Å². The second kappa shape index (κ2) is 8.73. The molecule has 0 amide bonds. The van der Waals surface area contributed by atoms with Crippen LogP contribution in [0.1, 0.15) is 17.4 Å². The van der Waals surface area contributed by atoms with Gasteiger partial charge < -0.3 is 20.0 Å². The van der Waals surface area contributed by atoms with Gasteiger partial charge in [0.2, 0.25) is 5.88 Å². The summed E-state index contributed by atoms with van der Waals surface area (Å²) >= 11 is 0. The van der Waals surface area contributed by atoms with Gasteiger partial charge in [-0.05, 0) is 18.1 Å². The molecule has 0 saturated heterocycles. The van der Waals surface area contributed by atoms with Crippen molar-refractivity contribution in [3.63, 3.8) is 0 Å². The number of ether oxygens (including phenoxy) is 1. The smallest absolute Gasteiger partial charge is 0.548 e. The number of nitrogens with zero attached hydrogens (tertiary/aromatic N) is 4. The summed E-state index contributed by atoms with van der Waals surface area (Å²) in [7, 11) is 0. The molecule has 1 aromatic carbocycles. The predicted molar refractivity (Wildman–Crippen MR) is 97.6 cm³/mol. The number of aliphatic carboxylic acids is 1. The number of carboxylic acids is 1.